The number of carbonyl (C=O) groups is 1. The standard InChI is InChI=1S/C17H16N2O2.ClH/c1-21-16-9-5-8-14-13(16)10-15(19-14)17(20)18-11-12-6-3-2-4-7-12;/h2-10,19H,11H2,1H3,(H,18,20);1H. The molecule has 0 bridgehead atoms. The predicted octanol–water partition coefficient (Wildman–Crippen LogP) is 3.53. The third-order valence-electron chi connectivity index (χ3n) is 3.38. The van der Waals surface area contributed by atoms with Gasteiger partial charge in [0.25, 0.3) is 5.91 Å². The number of nitrogens with one attached hydrogen (secondary N) is 2. The maximum Gasteiger partial charge on any atom is 0.267 e. The molecule has 0 aliphatic carbocycles. The molecule has 0 unspecified atom stereocenters. The van der Waals surface area contributed by atoms with Gasteiger partial charge in [-0.2, -0.15) is 0 Å². The second kappa shape index (κ2) is 7.00. The van der Waals surface area contributed by atoms with Crippen LogP contribution in [0.25, 0.3) is 10.9 Å². The van der Waals surface area contributed by atoms with Crippen molar-refractivity contribution in [3.63, 3.8) is 0 Å². The fourth-order valence-electron chi connectivity index (χ4n) is 2.30. The third kappa shape index (κ3) is 3.23. The van der Waals surface area contributed by atoms with E-state index in [1.807, 2.05) is 54.6 Å². The number of benzene rings is 2. The summed E-state index contributed by atoms with van der Waals surface area (Å²) >= 11 is 0. The molecule has 0 saturated heterocycles. The SMILES string of the molecule is COc1cccc2[nH]c(C(=O)NCc3ccccc3)cc12.Cl. The molecule has 2 aromatic carbocycles. The lowest BCUT2D eigenvalue weighted by atomic mass is 10.2. The molecule has 0 fully saturated rings. The Balaban J connectivity index is 0.00000176. The Kier molecular flexibility index (Phi) is 5.07. The average molecular weight is 317 g/mol. The van der Waals surface area contributed by atoms with E-state index >= 15 is 0 Å². The topological polar surface area (TPSA) is 54.1 Å². The van der Waals surface area contributed by atoms with E-state index in [9.17, 15) is 4.79 Å². The molecular weight excluding hydrogens is 300 g/mol. The summed E-state index contributed by atoms with van der Waals surface area (Å²) in [6, 6.07) is 17.3. The van der Waals surface area contributed by atoms with E-state index in [1.54, 1.807) is 7.11 Å². The zero-order chi connectivity index (χ0) is 14.7. The van der Waals surface area contributed by atoms with Crippen LogP contribution in [0, 0.1) is 0 Å². The Morgan fingerprint density at radius 1 is 1.14 bits per heavy atom. The van der Waals surface area contributed by atoms with E-state index in [0.717, 1.165) is 22.2 Å². The number of hydrogen-bond donors (Lipinski definition) is 2. The van der Waals surface area contributed by atoms with Crippen molar-refractivity contribution in [2.24, 2.45) is 0 Å². The molecule has 1 heterocycles. The number of methoxy groups -OCH3 is 1. The molecule has 2 N–H and O–H groups in total. The molecule has 5 heteroatoms. The van der Waals surface area contributed by atoms with E-state index in [0.29, 0.717) is 12.2 Å². The fraction of sp³-hybridized carbons (Fsp3) is 0.118. The molecule has 1 aromatic heterocycles. The number of carbonyl (C=O) groups excluding carboxylic acids is 1. The highest BCUT2D eigenvalue weighted by atomic mass is 35.5. The number of halogens is 1. The van der Waals surface area contributed by atoms with Gasteiger partial charge in [-0.05, 0) is 23.8 Å². The Bertz CT molecular complexity index is 769. The highest BCUT2D eigenvalue weighted by Crippen LogP contribution is 2.25. The van der Waals surface area contributed by atoms with Crippen LogP contribution >= 0.6 is 12.4 Å². The molecule has 3 aromatic rings. The van der Waals surface area contributed by atoms with Gasteiger partial charge >= 0.3 is 0 Å². The van der Waals surface area contributed by atoms with Gasteiger partial charge < -0.3 is 15.0 Å². The van der Waals surface area contributed by atoms with Crippen molar-refractivity contribution in [1.82, 2.24) is 10.3 Å². The first-order valence-corrected chi connectivity index (χ1v) is 6.76. The van der Waals surface area contributed by atoms with Crippen molar-refractivity contribution in [3.8, 4) is 5.75 Å². The quantitative estimate of drug-likeness (QED) is 0.773. The van der Waals surface area contributed by atoms with E-state index in [-0.39, 0.29) is 18.3 Å². The number of aromatic nitrogens is 1. The third-order valence-corrected chi connectivity index (χ3v) is 3.38. The number of aromatic amines is 1. The Labute approximate surface area is 134 Å². The fourth-order valence-corrected chi connectivity index (χ4v) is 2.30. The van der Waals surface area contributed by atoms with E-state index in [1.165, 1.54) is 0 Å². The number of H-pyrrole nitrogens is 1. The maximum absolute atomic E-state index is 12.2. The van der Waals surface area contributed by atoms with Crippen LogP contribution in [0.1, 0.15) is 16.1 Å². The van der Waals surface area contributed by atoms with Crippen molar-refractivity contribution < 1.29 is 9.53 Å². The molecule has 0 spiro atoms. The van der Waals surface area contributed by atoms with Gasteiger partial charge in [-0.3, -0.25) is 4.79 Å². The first kappa shape index (κ1) is 15.9. The Morgan fingerprint density at radius 3 is 2.64 bits per heavy atom. The summed E-state index contributed by atoms with van der Waals surface area (Å²) < 4.78 is 5.30. The molecule has 4 nitrogen and oxygen atoms in total. The lowest BCUT2D eigenvalue weighted by Gasteiger charge is -2.03. The lowest BCUT2D eigenvalue weighted by Crippen LogP contribution is -2.22. The summed E-state index contributed by atoms with van der Waals surface area (Å²) in [6.07, 6.45) is 0. The van der Waals surface area contributed by atoms with Crippen LogP contribution in [0.2, 0.25) is 0 Å². The van der Waals surface area contributed by atoms with Crippen LogP contribution in [0.5, 0.6) is 5.75 Å². The number of amides is 1. The van der Waals surface area contributed by atoms with Crippen molar-refractivity contribution in [3.05, 3.63) is 65.9 Å². The van der Waals surface area contributed by atoms with Gasteiger partial charge in [0.2, 0.25) is 0 Å². The second-order valence-corrected chi connectivity index (χ2v) is 4.77. The summed E-state index contributed by atoms with van der Waals surface area (Å²) in [7, 11) is 1.62. The summed E-state index contributed by atoms with van der Waals surface area (Å²) in [5.41, 5.74) is 2.49. The first-order valence-electron chi connectivity index (χ1n) is 6.76. The highest BCUT2D eigenvalue weighted by Gasteiger charge is 2.11. The zero-order valence-corrected chi connectivity index (χ0v) is 12.9. The Morgan fingerprint density at radius 2 is 1.91 bits per heavy atom. The summed E-state index contributed by atoms with van der Waals surface area (Å²) in [5, 5.41) is 3.81. The largest absolute Gasteiger partial charge is 0.496 e. The van der Waals surface area contributed by atoms with E-state index in [2.05, 4.69) is 10.3 Å². The van der Waals surface area contributed by atoms with E-state index in [4.69, 9.17) is 4.74 Å². The highest BCUT2D eigenvalue weighted by molar-refractivity contribution is 5.99. The zero-order valence-electron chi connectivity index (χ0n) is 12.1. The van der Waals surface area contributed by atoms with Gasteiger partial charge in [-0.1, -0.05) is 36.4 Å². The Hall–Kier alpha value is -2.46. The average Bonchev–Trinajstić information content (AvgIpc) is 2.97. The minimum absolute atomic E-state index is 0. The summed E-state index contributed by atoms with van der Waals surface area (Å²) in [5.74, 6) is 0.628. The van der Waals surface area contributed by atoms with Crippen molar-refractivity contribution in [2.75, 3.05) is 7.11 Å². The first-order chi connectivity index (χ1) is 10.3. The summed E-state index contributed by atoms with van der Waals surface area (Å²) in [4.78, 5) is 15.3. The van der Waals surface area contributed by atoms with Gasteiger partial charge in [-0.25, -0.2) is 0 Å². The minimum atomic E-state index is -0.128. The molecule has 1 amide bonds. The molecule has 3 rings (SSSR count). The maximum atomic E-state index is 12.2. The smallest absolute Gasteiger partial charge is 0.267 e. The summed E-state index contributed by atoms with van der Waals surface area (Å²) in [6.45, 7) is 0.506. The minimum Gasteiger partial charge on any atom is -0.496 e. The van der Waals surface area contributed by atoms with Crippen LogP contribution < -0.4 is 10.1 Å². The predicted molar refractivity (Wildman–Crippen MR) is 89.7 cm³/mol. The number of hydrogen-bond acceptors (Lipinski definition) is 2. The van der Waals surface area contributed by atoms with Crippen LogP contribution in [0.4, 0.5) is 0 Å². The monoisotopic (exact) mass is 316 g/mol. The van der Waals surface area contributed by atoms with Crippen LogP contribution in [-0.2, 0) is 6.54 Å². The molecule has 0 aliphatic heterocycles. The van der Waals surface area contributed by atoms with Gasteiger partial charge in [-0.15, -0.1) is 12.4 Å². The van der Waals surface area contributed by atoms with Crippen molar-refractivity contribution in [1.29, 1.82) is 0 Å². The number of ether oxygens (including phenoxy) is 1. The molecule has 0 radical (unpaired) electrons. The van der Waals surface area contributed by atoms with Gasteiger partial charge in [0.05, 0.1) is 7.11 Å². The normalized spacial score (nSPS) is 10.0. The lowest BCUT2D eigenvalue weighted by molar-refractivity contribution is 0.0947. The van der Waals surface area contributed by atoms with Gasteiger partial charge in [0, 0.05) is 17.4 Å². The molecular formula is C17H17ClN2O2. The second-order valence-electron chi connectivity index (χ2n) is 4.77. The van der Waals surface area contributed by atoms with Crippen molar-refractivity contribution in [2.45, 2.75) is 6.54 Å². The van der Waals surface area contributed by atoms with E-state index < -0.39 is 0 Å². The van der Waals surface area contributed by atoms with Crippen LogP contribution in [0.3, 0.4) is 0 Å². The molecule has 22 heavy (non-hydrogen) atoms. The molecule has 0 aliphatic rings. The molecule has 114 valence electrons. The molecule has 0 atom stereocenters. The van der Waals surface area contributed by atoms with Crippen LogP contribution in [0.15, 0.2) is 54.6 Å². The van der Waals surface area contributed by atoms with Crippen molar-refractivity contribution >= 4 is 29.2 Å². The van der Waals surface area contributed by atoms with Gasteiger partial charge in [0.1, 0.15) is 11.4 Å². The number of fused-ring (bicyclic) bond motifs is 1. The number of rotatable bonds is 4. The van der Waals surface area contributed by atoms with Crippen LogP contribution in [-0.4, -0.2) is 18.0 Å². The molecule has 0 saturated carbocycles. The van der Waals surface area contributed by atoms with Gasteiger partial charge in [0.15, 0.2) is 0 Å².